The van der Waals surface area contributed by atoms with Gasteiger partial charge in [-0.25, -0.2) is 4.98 Å². The van der Waals surface area contributed by atoms with Gasteiger partial charge in [0.05, 0.1) is 18.7 Å². The lowest BCUT2D eigenvalue weighted by atomic mass is 9.79. The molecule has 0 radical (unpaired) electrons. The Hall–Kier alpha value is -2.44. The minimum Gasteiger partial charge on any atom is -0.481 e. The van der Waals surface area contributed by atoms with Crippen LogP contribution in [0.2, 0.25) is 0 Å². The van der Waals surface area contributed by atoms with E-state index in [1.165, 1.54) is 6.20 Å². The minimum absolute atomic E-state index is 0.0814. The van der Waals surface area contributed by atoms with Gasteiger partial charge in [0.2, 0.25) is 5.88 Å². The second kappa shape index (κ2) is 7.43. The first kappa shape index (κ1) is 18.4. The Bertz CT molecular complexity index is 749. The zero-order valence-electron chi connectivity index (χ0n) is 15.4. The smallest absolute Gasteiger partial charge is 0.255 e. The van der Waals surface area contributed by atoms with Crippen LogP contribution < -0.4 is 4.74 Å². The molecule has 2 unspecified atom stereocenters. The lowest BCUT2D eigenvalue weighted by Gasteiger charge is -2.47. The molecule has 1 aromatic carbocycles. The van der Waals surface area contributed by atoms with Crippen molar-refractivity contribution in [1.29, 1.82) is 0 Å². The van der Waals surface area contributed by atoms with Gasteiger partial charge in [-0.05, 0) is 32.1 Å². The van der Waals surface area contributed by atoms with Crippen molar-refractivity contribution in [1.82, 2.24) is 14.8 Å². The van der Waals surface area contributed by atoms with Gasteiger partial charge in [0.15, 0.2) is 0 Å². The molecule has 1 N–H and O–H groups in total. The lowest BCUT2D eigenvalue weighted by Crippen LogP contribution is -2.60. The fourth-order valence-corrected chi connectivity index (χ4v) is 3.57. The third-order valence-electron chi connectivity index (χ3n) is 5.08. The number of carbonyl (C=O) groups excluding carboxylic acids is 1. The molecular formula is C20H25N3O3. The van der Waals surface area contributed by atoms with Crippen LogP contribution in [-0.2, 0) is 5.60 Å². The molecule has 26 heavy (non-hydrogen) atoms. The van der Waals surface area contributed by atoms with E-state index in [4.69, 9.17) is 4.74 Å². The van der Waals surface area contributed by atoms with E-state index >= 15 is 0 Å². The summed E-state index contributed by atoms with van der Waals surface area (Å²) in [4.78, 5) is 20.7. The topological polar surface area (TPSA) is 65.9 Å². The van der Waals surface area contributed by atoms with Crippen LogP contribution in [0.25, 0.3) is 0 Å². The summed E-state index contributed by atoms with van der Waals surface area (Å²) in [6.45, 7) is 0.934. The molecule has 2 heterocycles. The van der Waals surface area contributed by atoms with Crippen molar-refractivity contribution >= 4 is 5.91 Å². The molecule has 1 aliphatic heterocycles. The number of carbonyl (C=O) groups is 1. The number of benzene rings is 1. The number of methoxy groups -OCH3 is 1. The van der Waals surface area contributed by atoms with E-state index in [0.717, 1.165) is 5.56 Å². The molecule has 1 aromatic heterocycles. The Balaban J connectivity index is 1.82. The van der Waals surface area contributed by atoms with E-state index in [1.54, 1.807) is 24.1 Å². The highest BCUT2D eigenvalue weighted by atomic mass is 16.5. The fourth-order valence-electron chi connectivity index (χ4n) is 3.57. The highest BCUT2D eigenvalue weighted by Gasteiger charge is 2.45. The van der Waals surface area contributed by atoms with Gasteiger partial charge in [-0.1, -0.05) is 30.3 Å². The van der Waals surface area contributed by atoms with Gasteiger partial charge in [0.25, 0.3) is 5.91 Å². The van der Waals surface area contributed by atoms with E-state index in [1.807, 2.05) is 49.3 Å². The number of likely N-dealkylation sites (N-methyl/N-ethyl adjacent to an activating group) is 1. The molecule has 3 rings (SSSR count). The largest absolute Gasteiger partial charge is 0.481 e. The molecule has 0 saturated carbocycles. The summed E-state index contributed by atoms with van der Waals surface area (Å²) in [5.41, 5.74) is 0.421. The number of aliphatic hydroxyl groups is 1. The van der Waals surface area contributed by atoms with Gasteiger partial charge in [0, 0.05) is 25.4 Å². The molecule has 138 valence electrons. The van der Waals surface area contributed by atoms with Crippen molar-refractivity contribution in [3.8, 4) is 5.88 Å². The van der Waals surface area contributed by atoms with Crippen LogP contribution in [0.5, 0.6) is 5.88 Å². The Morgan fingerprint density at radius 3 is 2.58 bits per heavy atom. The molecule has 0 aliphatic carbocycles. The zero-order chi connectivity index (χ0) is 18.7. The number of hydrogen-bond donors (Lipinski definition) is 1. The number of pyridine rings is 1. The Morgan fingerprint density at radius 1 is 1.27 bits per heavy atom. The molecule has 1 amide bonds. The highest BCUT2D eigenvalue weighted by molar-refractivity contribution is 5.94. The van der Waals surface area contributed by atoms with Crippen LogP contribution in [0.1, 0.15) is 22.3 Å². The van der Waals surface area contributed by atoms with Crippen LogP contribution in [0.3, 0.4) is 0 Å². The van der Waals surface area contributed by atoms with E-state index in [-0.39, 0.29) is 11.9 Å². The van der Waals surface area contributed by atoms with Crippen LogP contribution in [0.15, 0.2) is 48.7 Å². The first-order valence-electron chi connectivity index (χ1n) is 8.69. The maximum Gasteiger partial charge on any atom is 0.255 e. The zero-order valence-corrected chi connectivity index (χ0v) is 15.4. The molecule has 2 atom stereocenters. The molecule has 0 bridgehead atoms. The maximum absolute atomic E-state index is 12.9. The van der Waals surface area contributed by atoms with Crippen LogP contribution in [0, 0.1) is 0 Å². The first-order chi connectivity index (χ1) is 12.5. The Labute approximate surface area is 154 Å². The number of ether oxygens (including phenoxy) is 1. The predicted molar refractivity (Wildman–Crippen MR) is 99.1 cm³/mol. The molecular weight excluding hydrogens is 330 g/mol. The van der Waals surface area contributed by atoms with Crippen molar-refractivity contribution in [2.45, 2.75) is 18.1 Å². The van der Waals surface area contributed by atoms with Crippen LogP contribution in [0.4, 0.5) is 0 Å². The standard InChI is InChI=1S/C20H25N3O3/c1-22(2)17-14-23(19(24)15-9-10-18(26-3)21-13-15)12-11-20(17,25)16-7-5-4-6-8-16/h4-10,13,17,25H,11-12,14H2,1-3H3. The Kier molecular flexibility index (Phi) is 5.25. The summed E-state index contributed by atoms with van der Waals surface area (Å²) in [6.07, 6.45) is 2.01. The van der Waals surface area contributed by atoms with E-state index in [9.17, 15) is 9.90 Å². The third kappa shape index (κ3) is 3.43. The number of piperidine rings is 1. The predicted octanol–water partition coefficient (Wildman–Crippen LogP) is 1.75. The van der Waals surface area contributed by atoms with Crippen molar-refractivity contribution in [2.24, 2.45) is 0 Å². The summed E-state index contributed by atoms with van der Waals surface area (Å²) >= 11 is 0. The summed E-state index contributed by atoms with van der Waals surface area (Å²) in [7, 11) is 5.41. The number of rotatable bonds is 4. The fraction of sp³-hybridized carbons (Fsp3) is 0.400. The molecule has 1 aliphatic rings. The highest BCUT2D eigenvalue weighted by Crippen LogP contribution is 2.35. The quantitative estimate of drug-likeness (QED) is 0.905. The van der Waals surface area contributed by atoms with Gasteiger partial charge in [-0.3, -0.25) is 4.79 Å². The van der Waals surface area contributed by atoms with Gasteiger partial charge in [0.1, 0.15) is 5.60 Å². The van der Waals surface area contributed by atoms with Gasteiger partial charge < -0.3 is 19.6 Å². The van der Waals surface area contributed by atoms with Gasteiger partial charge >= 0.3 is 0 Å². The van der Waals surface area contributed by atoms with Crippen molar-refractivity contribution in [3.63, 3.8) is 0 Å². The maximum atomic E-state index is 12.9. The molecule has 1 saturated heterocycles. The second-order valence-electron chi connectivity index (χ2n) is 6.86. The second-order valence-corrected chi connectivity index (χ2v) is 6.86. The van der Waals surface area contributed by atoms with E-state index < -0.39 is 5.60 Å². The van der Waals surface area contributed by atoms with E-state index in [0.29, 0.717) is 31.0 Å². The van der Waals surface area contributed by atoms with Gasteiger partial charge in [-0.15, -0.1) is 0 Å². The number of likely N-dealkylation sites (tertiary alicyclic amines) is 1. The van der Waals surface area contributed by atoms with Gasteiger partial charge in [-0.2, -0.15) is 0 Å². The van der Waals surface area contributed by atoms with Crippen molar-refractivity contribution < 1.29 is 14.6 Å². The average Bonchev–Trinajstić information content (AvgIpc) is 2.68. The Morgan fingerprint density at radius 2 is 2.00 bits per heavy atom. The molecule has 6 heteroatoms. The monoisotopic (exact) mass is 355 g/mol. The summed E-state index contributed by atoms with van der Waals surface area (Å²) < 4.78 is 5.04. The van der Waals surface area contributed by atoms with Crippen LogP contribution in [-0.4, -0.2) is 66.1 Å². The number of aromatic nitrogens is 1. The normalized spacial score (nSPS) is 23.1. The average molecular weight is 355 g/mol. The summed E-state index contributed by atoms with van der Waals surface area (Å²) in [5.74, 6) is 0.395. The molecule has 2 aromatic rings. The number of hydrogen-bond acceptors (Lipinski definition) is 5. The molecule has 1 fully saturated rings. The first-order valence-corrected chi connectivity index (χ1v) is 8.69. The third-order valence-corrected chi connectivity index (χ3v) is 5.08. The SMILES string of the molecule is COc1ccc(C(=O)N2CCC(O)(c3ccccc3)C(N(C)C)C2)cn1. The number of amides is 1. The minimum atomic E-state index is -0.986. The molecule has 6 nitrogen and oxygen atoms in total. The van der Waals surface area contributed by atoms with E-state index in [2.05, 4.69) is 4.98 Å². The summed E-state index contributed by atoms with van der Waals surface area (Å²) in [6, 6.07) is 12.9. The van der Waals surface area contributed by atoms with Crippen LogP contribution >= 0.6 is 0 Å². The lowest BCUT2D eigenvalue weighted by molar-refractivity contribution is -0.0810. The van der Waals surface area contributed by atoms with Crippen molar-refractivity contribution in [2.75, 3.05) is 34.3 Å². The summed E-state index contributed by atoms with van der Waals surface area (Å²) in [5, 5.41) is 11.4. The molecule has 0 spiro atoms. The van der Waals surface area contributed by atoms with Crippen molar-refractivity contribution in [3.05, 3.63) is 59.8 Å². The number of nitrogens with zero attached hydrogens (tertiary/aromatic N) is 3.